The van der Waals surface area contributed by atoms with Crippen molar-refractivity contribution >= 4 is 27.4 Å². The van der Waals surface area contributed by atoms with Crippen LogP contribution in [0.5, 0.6) is 0 Å². The Morgan fingerprint density at radius 3 is 2.90 bits per heavy atom. The molecule has 0 spiro atoms. The molecule has 0 fully saturated rings. The highest BCUT2D eigenvalue weighted by molar-refractivity contribution is 7.11. The van der Waals surface area contributed by atoms with Gasteiger partial charge in [-0.1, -0.05) is 36.4 Å². The Hall–Kier alpha value is -1.87. The van der Waals surface area contributed by atoms with E-state index in [9.17, 15) is 0 Å². The molecule has 1 atom stereocenters. The van der Waals surface area contributed by atoms with Gasteiger partial charge in [0.2, 0.25) is 0 Å². The van der Waals surface area contributed by atoms with Gasteiger partial charge in [-0.2, -0.15) is 4.37 Å². The van der Waals surface area contributed by atoms with Gasteiger partial charge in [0.15, 0.2) is 0 Å². The molecule has 1 unspecified atom stereocenters. The van der Waals surface area contributed by atoms with Crippen molar-refractivity contribution in [2.24, 2.45) is 0 Å². The van der Waals surface area contributed by atoms with Crippen LogP contribution in [0.2, 0.25) is 0 Å². The van der Waals surface area contributed by atoms with Crippen molar-refractivity contribution in [1.82, 2.24) is 4.37 Å². The maximum absolute atomic E-state index is 4.52. The smallest absolute Gasteiger partial charge is 0.117 e. The van der Waals surface area contributed by atoms with Crippen LogP contribution in [0.1, 0.15) is 30.0 Å². The summed E-state index contributed by atoms with van der Waals surface area (Å²) in [6.45, 7) is 0. The molecule has 100 valence electrons. The maximum Gasteiger partial charge on any atom is 0.117 e. The van der Waals surface area contributed by atoms with Gasteiger partial charge in [-0.25, -0.2) is 0 Å². The minimum absolute atomic E-state index is 0.420. The average Bonchev–Trinajstić information content (AvgIpc) is 2.91. The molecule has 1 aliphatic rings. The number of aromatic nitrogens is 1. The van der Waals surface area contributed by atoms with Crippen LogP contribution >= 0.6 is 11.5 Å². The Labute approximate surface area is 122 Å². The van der Waals surface area contributed by atoms with Crippen LogP contribution in [0.25, 0.3) is 10.9 Å². The number of hydrogen-bond donors (Lipinski definition) is 1. The highest BCUT2D eigenvalue weighted by atomic mass is 32.1. The molecule has 1 aromatic heterocycles. The van der Waals surface area contributed by atoms with Gasteiger partial charge in [0.25, 0.3) is 0 Å². The molecule has 1 N–H and O–H groups in total. The first-order valence-corrected chi connectivity index (χ1v) is 7.88. The van der Waals surface area contributed by atoms with E-state index in [1.165, 1.54) is 40.8 Å². The van der Waals surface area contributed by atoms with Gasteiger partial charge in [-0.15, -0.1) is 0 Å². The summed E-state index contributed by atoms with van der Waals surface area (Å²) >= 11 is 1.57. The highest BCUT2D eigenvalue weighted by Crippen LogP contribution is 2.36. The summed E-state index contributed by atoms with van der Waals surface area (Å²) in [6.07, 6.45) is 3.66. The largest absolute Gasteiger partial charge is 0.368 e. The SMILES string of the molecule is c1ccc2c(c1)CCCC2Nc1snc2ccccc12. The van der Waals surface area contributed by atoms with Crippen molar-refractivity contribution in [3.8, 4) is 0 Å². The van der Waals surface area contributed by atoms with Gasteiger partial charge in [-0.05, 0) is 54.1 Å². The van der Waals surface area contributed by atoms with Crippen molar-refractivity contribution in [3.05, 3.63) is 59.7 Å². The van der Waals surface area contributed by atoms with Gasteiger partial charge < -0.3 is 5.32 Å². The van der Waals surface area contributed by atoms with E-state index in [1.54, 1.807) is 11.5 Å². The van der Waals surface area contributed by atoms with E-state index < -0.39 is 0 Å². The van der Waals surface area contributed by atoms with Crippen LogP contribution in [0.3, 0.4) is 0 Å². The third kappa shape index (κ3) is 1.98. The van der Waals surface area contributed by atoms with Gasteiger partial charge >= 0.3 is 0 Å². The minimum atomic E-state index is 0.420. The second kappa shape index (κ2) is 4.91. The normalized spacial score (nSPS) is 17.9. The van der Waals surface area contributed by atoms with Gasteiger partial charge in [0, 0.05) is 5.39 Å². The number of nitrogens with one attached hydrogen (secondary N) is 1. The van der Waals surface area contributed by atoms with Crippen LogP contribution in [0.15, 0.2) is 48.5 Å². The maximum atomic E-state index is 4.52. The molecule has 4 rings (SSSR count). The van der Waals surface area contributed by atoms with Crippen LogP contribution < -0.4 is 5.32 Å². The van der Waals surface area contributed by atoms with E-state index >= 15 is 0 Å². The first-order chi connectivity index (χ1) is 9.92. The lowest BCUT2D eigenvalue weighted by molar-refractivity contribution is 0.602. The number of anilines is 1. The number of benzene rings is 2. The second-order valence-corrected chi connectivity index (χ2v) is 6.09. The topological polar surface area (TPSA) is 24.9 Å². The minimum Gasteiger partial charge on any atom is -0.368 e. The van der Waals surface area contributed by atoms with E-state index in [0.717, 1.165) is 5.52 Å². The molecule has 0 saturated heterocycles. The number of nitrogens with zero attached hydrogens (tertiary/aromatic N) is 1. The van der Waals surface area contributed by atoms with E-state index in [4.69, 9.17) is 0 Å². The summed E-state index contributed by atoms with van der Waals surface area (Å²) in [4.78, 5) is 0. The van der Waals surface area contributed by atoms with Crippen LogP contribution in [0.4, 0.5) is 5.00 Å². The number of aryl methyl sites for hydroxylation is 1. The third-order valence-electron chi connectivity index (χ3n) is 4.06. The van der Waals surface area contributed by atoms with Gasteiger partial charge in [0.05, 0.1) is 11.6 Å². The molecule has 0 saturated carbocycles. The van der Waals surface area contributed by atoms with Crippen molar-refractivity contribution < 1.29 is 0 Å². The predicted octanol–water partition coefficient (Wildman–Crippen LogP) is 4.79. The molecule has 0 radical (unpaired) electrons. The summed E-state index contributed by atoms with van der Waals surface area (Å²) in [5, 5.41) is 6.15. The molecular weight excluding hydrogens is 264 g/mol. The Morgan fingerprint density at radius 1 is 1.05 bits per heavy atom. The predicted molar refractivity (Wildman–Crippen MR) is 85.4 cm³/mol. The fourth-order valence-electron chi connectivity index (χ4n) is 3.06. The number of rotatable bonds is 2. The lowest BCUT2D eigenvalue weighted by Gasteiger charge is -2.26. The van der Waals surface area contributed by atoms with Gasteiger partial charge in [-0.3, -0.25) is 0 Å². The van der Waals surface area contributed by atoms with Crippen molar-refractivity contribution in [2.75, 3.05) is 5.32 Å². The molecule has 2 aromatic carbocycles. The molecule has 1 heterocycles. The van der Waals surface area contributed by atoms with Crippen molar-refractivity contribution in [2.45, 2.75) is 25.3 Å². The molecular formula is C17H16N2S. The monoisotopic (exact) mass is 280 g/mol. The molecule has 20 heavy (non-hydrogen) atoms. The Balaban J connectivity index is 1.70. The first-order valence-electron chi connectivity index (χ1n) is 7.10. The summed E-state index contributed by atoms with van der Waals surface area (Å²) in [6, 6.07) is 17.6. The summed E-state index contributed by atoms with van der Waals surface area (Å²) in [5.41, 5.74) is 4.03. The lowest BCUT2D eigenvalue weighted by atomic mass is 9.88. The van der Waals surface area contributed by atoms with E-state index in [2.05, 4.69) is 52.2 Å². The van der Waals surface area contributed by atoms with Crippen molar-refractivity contribution in [1.29, 1.82) is 0 Å². The van der Waals surface area contributed by atoms with Crippen LogP contribution in [-0.2, 0) is 6.42 Å². The van der Waals surface area contributed by atoms with Crippen LogP contribution in [0, 0.1) is 0 Å². The average molecular weight is 280 g/mol. The zero-order valence-corrected chi connectivity index (χ0v) is 12.0. The molecule has 3 heteroatoms. The molecule has 0 amide bonds. The number of hydrogen-bond acceptors (Lipinski definition) is 3. The van der Waals surface area contributed by atoms with Crippen molar-refractivity contribution in [3.63, 3.8) is 0 Å². The summed E-state index contributed by atoms with van der Waals surface area (Å²) < 4.78 is 4.52. The fraction of sp³-hybridized carbons (Fsp3) is 0.235. The summed E-state index contributed by atoms with van der Waals surface area (Å²) in [5.74, 6) is 0. The Morgan fingerprint density at radius 2 is 1.90 bits per heavy atom. The van der Waals surface area contributed by atoms with E-state index in [1.807, 2.05) is 6.07 Å². The molecule has 2 nitrogen and oxygen atoms in total. The second-order valence-electron chi connectivity index (χ2n) is 5.32. The zero-order chi connectivity index (χ0) is 13.4. The molecule has 0 bridgehead atoms. The van der Waals surface area contributed by atoms with E-state index in [-0.39, 0.29) is 0 Å². The molecule has 0 aliphatic heterocycles. The summed E-state index contributed by atoms with van der Waals surface area (Å²) in [7, 11) is 0. The van der Waals surface area contributed by atoms with Crippen LogP contribution in [-0.4, -0.2) is 4.37 Å². The number of fused-ring (bicyclic) bond motifs is 2. The Bertz CT molecular complexity index is 747. The van der Waals surface area contributed by atoms with E-state index in [0.29, 0.717) is 6.04 Å². The Kier molecular flexibility index (Phi) is 2.92. The molecule has 3 aromatic rings. The quantitative estimate of drug-likeness (QED) is 0.730. The fourth-order valence-corrected chi connectivity index (χ4v) is 3.87. The molecule has 1 aliphatic carbocycles. The first kappa shape index (κ1) is 11.9. The van der Waals surface area contributed by atoms with Gasteiger partial charge in [0.1, 0.15) is 5.00 Å². The standard InChI is InChI=1S/C17H16N2S/c1-2-8-13-12(6-1)7-5-11-15(13)18-17-14-9-3-4-10-16(14)19-20-17/h1-4,6,8-10,15,18H,5,7,11H2. The third-order valence-corrected chi connectivity index (χ3v) is 4.87. The zero-order valence-electron chi connectivity index (χ0n) is 11.2. The highest BCUT2D eigenvalue weighted by Gasteiger charge is 2.20. The lowest BCUT2D eigenvalue weighted by Crippen LogP contribution is -2.16.